The van der Waals surface area contributed by atoms with Crippen LogP contribution in [0.3, 0.4) is 0 Å². The van der Waals surface area contributed by atoms with Gasteiger partial charge in [-0.05, 0) is 58.2 Å². The van der Waals surface area contributed by atoms with E-state index in [0.29, 0.717) is 40.7 Å². The summed E-state index contributed by atoms with van der Waals surface area (Å²) in [6.07, 6.45) is 0. The van der Waals surface area contributed by atoms with Crippen LogP contribution in [0.5, 0.6) is 23.0 Å². The highest BCUT2D eigenvalue weighted by Gasteiger charge is 2.16. The van der Waals surface area contributed by atoms with E-state index in [9.17, 15) is 9.90 Å². The Bertz CT molecular complexity index is 1040. The molecule has 0 radical (unpaired) electrons. The van der Waals surface area contributed by atoms with E-state index in [1.165, 1.54) is 19.2 Å². The van der Waals surface area contributed by atoms with Crippen molar-refractivity contribution in [3.8, 4) is 23.0 Å². The lowest BCUT2D eigenvalue weighted by Gasteiger charge is -2.16. The minimum Gasteiger partial charge on any atom is -0.493 e. The molecule has 162 valence electrons. The summed E-state index contributed by atoms with van der Waals surface area (Å²) in [6, 6.07) is 18.4. The molecule has 0 aliphatic carbocycles. The lowest BCUT2D eigenvalue weighted by atomic mass is 10.2. The van der Waals surface area contributed by atoms with Crippen molar-refractivity contribution in [2.24, 2.45) is 0 Å². The molecule has 0 atom stereocenters. The first-order chi connectivity index (χ1) is 15.0. The zero-order chi connectivity index (χ0) is 22.2. The third kappa shape index (κ3) is 5.92. The average Bonchev–Trinajstić information content (AvgIpc) is 2.78. The van der Waals surface area contributed by atoms with Crippen molar-refractivity contribution >= 4 is 21.9 Å². The zero-order valence-electron chi connectivity index (χ0n) is 17.3. The summed E-state index contributed by atoms with van der Waals surface area (Å²) in [4.78, 5) is 11.2. The number of rotatable bonds is 10. The standard InChI is InChI=1S/C24H23BrO6/c1-3-29-21-11-17(9-10-20(21)30-14-16-7-5-4-6-8-16)15-31-23-19(25)12-18(24(26)27)13-22(23)28-2/h4-13H,3,14-15H2,1-2H3,(H,26,27). The highest BCUT2D eigenvalue weighted by Crippen LogP contribution is 2.38. The van der Waals surface area contributed by atoms with E-state index >= 15 is 0 Å². The number of carboxylic acids is 1. The number of hydrogen-bond donors (Lipinski definition) is 1. The normalized spacial score (nSPS) is 10.4. The van der Waals surface area contributed by atoms with Gasteiger partial charge >= 0.3 is 5.97 Å². The quantitative estimate of drug-likeness (QED) is 0.395. The predicted octanol–water partition coefficient (Wildman–Crippen LogP) is 5.71. The van der Waals surface area contributed by atoms with Gasteiger partial charge in [-0.1, -0.05) is 36.4 Å². The lowest BCUT2D eigenvalue weighted by Crippen LogP contribution is -2.04. The van der Waals surface area contributed by atoms with Crippen molar-refractivity contribution < 1.29 is 28.8 Å². The number of aromatic carboxylic acids is 1. The van der Waals surface area contributed by atoms with E-state index in [0.717, 1.165) is 11.1 Å². The molecule has 0 amide bonds. The first-order valence-electron chi connectivity index (χ1n) is 9.68. The Balaban J connectivity index is 1.75. The molecule has 0 spiro atoms. The Labute approximate surface area is 189 Å². The maximum Gasteiger partial charge on any atom is 0.335 e. The molecular formula is C24H23BrO6. The fraction of sp³-hybridized carbons (Fsp3) is 0.208. The van der Waals surface area contributed by atoms with Gasteiger partial charge in [0.1, 0.15) is 13.2 Å². The van der Waals surface area contributed by atoms with Crippen LogP contribution in [0, 0.1) is 0 Å². The molecule has 0 saturated heterocycles. The molecule has 0 aromatic heterocycles. The van der Waals surface area contributed by atoms with Crippen molar-refractivity contribution in [1.82, 2.24) is 0 Å². The summed E-state index contributed by atoms with van der Waals surface area (Å²) in [5, 5.41) is 9.21. The molecule has 3 rings (SSSR count). The van der Waals surface area contributed by atoms with E-state index in [1.807, 2.05) is 55.5 Å². The molecule has 0 unspecified atom stereocenters. The molecule has 3 aromatic carbocycles. The summed E-state index contributed by atoms with van der Waals surface area (Å²) in [5.41, 5.74) is 2.04. The second-order valence-electron chi connectivity index (χ2n) is 6.57. The molecule has 31 heavy (non-hydrogen) atoms. The van der Waals surface area contributed by atoms with Crippen LogP contribution in [-0.4, -0.2) is 24.8 Å². The van der Waals surface area contributed by atoms with Gasteiger partial charge < -0.3 is 24.1 Å². The smallest absolute Gasteiger partial charge is 0.335 e. The number of halogens is 1. The Morgan fingerprint density at radius 2 is 1.61 bits per heavy atom. The van der Waals surface area contributed by atoms with Crippen LogP contribution in [0.2, 0.25) is 0 Å². The van der Waals surface area contributed by atoms with Crippen molar-refractivity contribution in [3.05, 3.63) is 81.8 Å². The monoisotopic (exact) mass is 486 g/mol. The first-order valence-corrected chi connectivity index (χ1v) is 10.5. The lowest BCUT2D eigenvalue weighted by molar-refractivity contribution is 0.0696. The number of methoxy groups -OCH3 is 1. The van der Waals surface area contributed by atoms with Crippen molar-refractivity contribution in [2.75, 3.05) is 13.7 Å². The van der Waals surface area contributed by atoms with Crippen molar-refractivity contribution in [2.45, 2.75) is 20.1 Å². The van der Waals surface area contributed by atoms with E-state index in [-0.39, 0.29) is 12.2 Å². The molecule has 0 heterocycles. The van der Waals surface area contributed by atoms with Crippen LogP contribution < -0.4 is 18.9 Å². The number of carbonyl (C=O) groups is 1. The molecular weight excluding hydrogens is 464 g/mol. The van der Waals surface area contributed by atoms with E-state index < -0.39 is 5.97 Å². The maximum absolute atomic E-state index is 11.2. The topological polar surface area (TPSA) is 74.2 Å². The third-order valence-electron chi connectivity index (χ3n) is 4.40. The molecule has 0 saturated carbocycles. The van der Waals surface area contributed by atoms with Crippen molar-refractivity contribution in [3.63, 3.8) is 0 Å². The first kappa shape index (κ1) is 22.5. The maximum atomic E-state index is 11.2. The van der Waals surface area contributed by atoms with Gasteiger partial charge in [-0.2, -0.15) is 0 Å². The number of benzene rings is 3. The SMILES string of the molecule is CCOc1cc(COc2c(Br)cc(C(=O)O)cc2OC)ccc1OCc1ccccc1. The minimum absolute atomic E-state index is 0.106. The fourth-order valence-corrected chi connectivity index (χ4v) is 3.46. The van der Waals surface area contributed by atoms with Gasteiger partial charge in [-0.15, -0.1) is 0 Å². The van der Waals surface area contributed by atoms with E-state index in [2.05, 4.69) is 15.9 Å². The molecule has 0 fully saturated rings. The second-order valence-corrected chi connectivity index (χ2v) is 7.43. The van der Waals surface area contributed by atoms with Gasteiger partial charge in [0.2, 0.25) is 0 Å². The zero-order valence-corrected chi connectivity index (χ0v) is 18.8. The van der Waals surface area contributed by atoms with Crippen LogP contribution >= 0.6 is 15.9 Å². The van der Waals surface area contributed by atoms with Crippen LogP contribution in [0.1, 0.15) is 28.4 Å². The second kappa shape index (κ2) is 10.7. The van der Waals surface area contributed by atoms with Gasteiger partial charge in [-0.25, -0.2) is 4.79 Å². The van der Waals surface area contributed by atoms with Gasteiger partial charge in [0, 0.05) is 0 Å². The van der Waals surface area contributed by atoms with Crippen molar-refractivity contribution in [1.29, 1.82) is 0 Å². The van der Waals surface area contributed by atoms with Gasteiger partial charge in [0.05, 0.1) is 23.8 Å². The van der Waals surface area contributed by atoms with E-state index in [1.54, 1.807) is 0 Å². The molecule has 3 aromatic rings. The molecule has 0 aliphatic heterocycles. The summed E-state index contributed by atoms with van der Waals surface area (Å²) >= 11 is 3.36. The summed E-state index contributed by atoms with van der Waals surface area (Å²) in [7, 11) is 1.46. The van der Waals surface area contributed by atoms with Crippen LogP contribution in [0.4, 0.5) is 0 Å². The summed E-state index contributed by atoms with van der Waals surface area (Å²) in [5.74, 6) is 0.998. The van der Waals surface area contributed by atoms with Gasteiger partial charge in [0.25, 0.3) is 0 Å². The summed E-state index contributed by atoms with van der Waals surface area (Å²) < 4.78 is 23.4. The molecule has 0 bridgehead atoms. The molecule has 7 heteroatoms. The molecule has 6 nitrogen and oxygen atoms in total. The van der Waals surface area contributed by atoms with Gasteiger partial charge in [0.15, 0.2) is 23.0 Å². The Hall–Kier alpha value is -3.19. The number of ether oxygens (including phenoxy) is 4. The van der Waals surface area contributed by atoms with Gasteiger partial charge in [-0.3, -0.25) is 0 Å². The number of carboxylic acid groups (broad SMARTS) is 1. The number of hydrogen-bond acceptors (Lipinski definition) is 5. The third-order valence-corrected chi connectivity index (χ3v) is 4.99. The van der Waals surface area contributed by atoms with E-state index in [4.69, 9.17) is 18.9 Å². The van der Waals surface area contributed by atoms with Crippen LogP contribution in [-0.2, 0) is 13.2 Å². The Kier molecular flexibility index (Phi) is 7.78. The minimum atomic E-state index is -1.04. The predicted molar refractivity (Wildman–Crippen MR) is 120 cm³/mol. The highest BCUT2D eigenvalue weighted by atomic mass is 79.9. The average molecular weight is 487 g/mol. The summed E-state index contributed by atoms with van der Waals surface area (Å²) in [6.45, 7) is 3.09. The highest BCUT2D eigenvalue weighted by molar-refractivity contribution is 9.10. The van der Waals surface area contributed by atoms with Crippen LogP contribution in [0.25, 0.3) is 0 Å². The molecule has 1 N–H and O–H groups in total. The fourth-order valence-electron chi connectivity index (χ4n) is 2.90. The molecule has 0 aliphatic rings. The Morgan fingerprint density at radius 1 is 0.871 bits per heavy atom. The van der Waals surface area contributed by atoms with Crippen LogP contribution in [0.15, 0.2) is 65.1 Å². The Morgan fingerprint density at radius 3 is 2.29 bits per heavy atom. The largest absolute Gasteiger partial charge is 0.493 e.